The van der Waals surface area contributed by atoms with Gasteiger partial charge in [0.25, 0.3) is 0 Å². The van der Waals surface area contributed by atoms with Gasteiger partial charge in [-0.05, 0) is 44.6 Å². The number of nitrogens with zero attached hydrogens (tertiary/aromatic N) is 2. The van der Waals surface area contributed by atoms with Crippen LogP contribution in [0.2, 0.25) is 5.02 Å². The van der Waals surface area contributed by atoms with Crippen LogP contribution in [0, 0.1) is 0 Å². The largest absolute Gasteiger partial charge is 0.338 e. The van der Waals surface area contributed by atoms with Crippen molar-refractivity contribution in [3.05, 3.63) is 29.3 Å². The molecule has 0 aromatic heterocycles. The predicted molar refractivity (Wildman–Crippen MR) is 96.3 cm³/mol. The Kier molecular flexibility index (Phi) is 7.65. The third-order valence-electron chi connectivity index (χ3n) is 4.12. The van der Waals surface area contributed by atoms with Gasteiger partial charge in [-0.2, -0.15) is 0 Å². The molecule has 1 aliphatic rings. The lowest BCUT2D eigenvalue weighted by molar-refractivity contribution is 0.152. The second-order valence-electron chi connectivity index (χ2n) is 6.10. The zero-order valence-electron chi connectivity index (χ0n) is 13.9. The fraction of sp³-hybridized carbons (Fsp3) is 0.588. The van der Waals surface area contributed by atoms with Gasteiger partial charge in [0.15, 0.2) is 0 Å². The molecule has 1 heterocycles. The summed E-state index contributed by atoms with van der Waals surface area (Å²) in [5.41, 5.74) is 0.713. The van der Waals surface area contributed by atoms with E-state index in [1.165, 1.54) is 39.1 Å². The molecule has 1 saturated heterocycles. The number of urea groups is 1. The van der Waals surface area contributed by atoms with Gasteiger partial charge < -0.3 is 20.4 Å². The maximum Gasteiger partial charge on any atom is 0.319 e. The van der Waals surface area contributed by atoms with Crippen LogP contribution in [0.3, 0.4) is 0 Å². The SMILES string of the molecule is CN1CCN(CCCCCNC(=O)Nc2cccc(Cl)c2)CC1. The molecule has 0 atom stereocenters. The number of likely N-dealkylation sites (N-methyl/N-ethyl adjacent to an activating group) is 1. The third-order valence-corrected chi connectivity index (χ3v) is 4.35. The Labute approximate surface area is 144 Å². The molecule has 0 aliphatic carbocycles. The maximum atomic E-state index is 11.8. The monoisotopic (exact) mass is 338 g/mol. The van der Waals surface area contributed by atoms with Crippen molar-refractivity contribution >= 4 is 23.3 Å². The lowest BCUT2D eigenvalue weighted by Gasteiger charge is -2.32. The molecule has 0 radical (unpaired) electrons. The van der Waals surface area contributed by atoms with E-state index >= 15 is 0 Å². The zero-order chi connectivity index (χ0) is 16.5. The van der Waals surface area contributed by atoms with Crippen molar-refractivity contribution in [3.8, 4) is 0 Å². The van der Waals surface area contributed by atoms with Crippen LogP contribution in [0.1, 0.15) is 19.3 Å². The normalized spacial score (nSPS) is 16.3. The summed E-state index contributed by atoms with van der Waals surface area (Å²) in [4.78, 5) is 16.7. The summed E-state index contributed by atoms with van der Waals surface area (Å²) >= 11 is 5.88. The molecule has 1 aromatic rings. The van der Waals surface area contributed by atoms with Gasteiger partial charge >= 0.3 is 6.03 Å². The molecule has 0 unspecified atom stereocenters. The molecule has 2 rings (SSSR count). The smallest absolute Gasteiger partial charge is 0.319 e. The first-order valence-corrected chi connectivity index (χ1v) is 8.72. The van der Waals surface area contributed by atoms with Crippen LogP contribution in [0.15, 0.2) is 24.3 Å². The number of benzene rings is 1. The Bertz CT molecular complexity index is 489. The second-order valence-corrected chi connectivity index (χ2v) is 6.53. The number of halogens is 1. The van der Waals surface area contributed by atoms with Gasteiger partial charge in [0.1, 0.15) is 0 Å². The van der Waals surface area contributed by atoms with E-state index in [1.54, 1.807) is 12.1 Å². The van der Waals surface area contributed by atoms with E-state index in [1.807, 2.05) is 12.1 Å². The number of nitrogens with one attached hydrogen (secondary N) is 2. The second kappa shape index (κ2) is 9.75. The van der Waals surface area contributed by atoms with E-state index in [0.29, 0.717) is 17.3 Å². The zero-order valence-corrected chi connectivity index (χ0v) is 14.6. The minimum atomic E-state index is -0.175. The van der Waals surface area contributed by atoms with E-state index in [4.69, 9.17) is 11.6 Å². The highest BCUT2D eigenvalue weighted by Gasteiger charge is 2.12. The number of hydrogen-bond donors (Lipinski definition) is 2. The summed E-state index contributed by atoms with van der Waals surface area (Å²) in [5.74, 6) is 0. The summed E-state index contributed by atoms with van der Waals surface area (Å²) in [6.07, 6.45) is 3.35. The molecule has 0 spiro atoms. The van der Waals surface area contributed by atoms with Gasteiger partial charge in [0.2, 0.25) is 0 Å². The Morgan fingerprint density at radius 1 is 1.17 bits per heavy atom. The lowest BCUT2D eigenvalue weighted by atomic mass is 10.2. The molecule has 2 amide bonds. The van der Waals surface area contributed by atoms with Crippen LogP contribution in [-0.2, 0) is 0 Å². The van der Waals surface area contributed by atoms with Crippen molar-refractivity contribution in [3.63, 3.8) is 0 Å². The fourth-order valence-corrected chi connectivity index (χ4v) is 2.84. The Balaban J connectivity index is 1.49. The summed E-state index contributed by atoms with van der Waals surface area (Å²) in [5, 5.41) is 6.28. The van der Waals surface area contributed by atoms with Crippen LogP contribution in [0.4, 0.5) is 10.5 Å². The Morgan fingerprint density at radius 3 is 2.70 bits per heavy atom. The molecule has 23 heavy (non-hydrogen) atoms. The molecule has 0 bridgehead atoms. The fourth-order valence-electron chi connectivity index (χ4n) is 2.65. The number of anilines is 1. The highest BCUT2D eigenvalue weighted by Crippen LogP contribution is 2.14. The van der Waals surface area contributed by atoms with Crippen LogP contribution in [0.25, 0.3) is 0 Å². The predicted octanol–water partition coefficient (Wildman–Crippen LogP) is 2.88. The Hall–Kier alpha value is -1.30. The molecular formula is C17H27ClN4O. The molecule has 1 aromatic carbocycles. The van der Waals surface area contributed by atoms with E-state index < -0.39 is 0 Å². The van der Waals surface area contributed by atoms with Crippen molar-refractivity contribution in [1.29, 1.82) is 0 Å². The first kappa shape index (κ1) is 18.0. The van der Waals surface area contributed by atoms with Crippen molar-refractivity contribution in [2.45, 2.75) is 19.3 Å². The molecule has 1 fully saturated rings. The minimum Gasteiger partial charge on any atom is -0.338 e. The summed E-state index contributed by atoms with van der Waals surface area (Å²) < 4.78 is 0. The molecule has 5 nitrogen and oxygen atoms in total. The lowest BCUT2D eigenvalue weighted by Crippen LogP contribution is -2.44. The van der Waals surface area contributed by atoms with Gasteiger partial charge in [0, 0.05) is 43.4 Å². The third kappa shape index (κ3) is 7.20. The molecule has 128 valence electrons. The summed E-state index contributed by atoms with van der Waals surface area (Å²) in [7, 11) is 2.18. The number of unbranched alkanes of at least 4 members (excludes halogenated alkanes) is 2. The first-order chi connectivity index (χ1) is 11.1. The van der Waals surface area contributed by atoms with E-state index in [2.05, 4.69) is 27.5 Å². The number of hydrogen-bond acceptors (Lipinski definition) is 3. The number of rotatable bonds is 7. The van der Waals surface area contributed by atoms with Gasteiger partial charge in [0.05, 0.1) is 0 Å². The van der Waals surface area contributed by atoms with E-state index in [9.17, 15) is 4.79 Å². The molecular weight excluding hydrogens is 312 g/mol. The number of amides is 2. The van der Waals surface area contributed by atoms with Crippen LogP contribution in [0.5, 0.6) is 0 Å². The van der Waals surface area contributed by atoms with Crippen molar-refractivity contribution in [2.75, 3.05) is 51.6 Å². The van der Waals surface area contributed by atoms with Crippen molar-refractivity contribution in [1.82, 2.24) is 15.1 Å². The van der Waals surface area contributed by atoms with Gasteiger partial charge in [-0.1, -0.05) is 24.1 Å². The quantitative estimate of drug-likeness (QED) is 0.751. The van der Waals surface area contributed by atoms with Crippen molar-refractivity contribution in [2.24, 2.45) is 0 Å². The van der Waals surface area contributed by atoms with Gasteiger partial charge in [-0.3, -0.25) is 0 Å². The first-order valence-electron chi connectivity index (χ1n) is 8.35. The molecule has 6 heteroatoms. The highest BCUT2D eigenvalue weighted by atomic mass is 35.5. The molecule has 1 aliphatic heterocycles. The van der Waals surface area contributed by atoms with Crippen LogP contribution in [-0.4, -0.2) is 62.1 Å². The van der Waals surface area contributed by atoms with E-state index in [-0.39, 0.29) is 6.03 Å². The van der Waals surface area contributed by atoms with Gasteiger partial charge in [-0.25, -0.2) is 4.79 Å². The maximum absolute atomic E-state index is 11.8. The molecule has 2 N–H and O–H groups in total. The Morgan fingerprint density at radius 2 is 1.96 bits per heavy atom. The number of piperazine rings is 1. The summed E-state index contributed by atoms with van der Waals surface area (Å²) in [6, 6.07) is 6.98. The topological polar surface area (TPSA) is 47.6 Å². The number of carbonyl (C=O) groups excluding carboxylic acids is 1. The standard InChI is InChI=1S/C17H27ClN4O/c1-21-10-12-22(13-11-21)9-4-2-3-8-19-17(23)20-16-7-5-6-15(18)14-16/h5-7,14H,2-4,8-13H2,1H3,(H2,19,20,23). The van der Waals surface area contributed by atoms with Gasteiger partial charge in [-0.15, -0.1) is 0 Å². The van der Waals surface area contributed by atoms with E-state index in [0.717, 1.165) is 12.8 Å². The highest BCUT2D eigenvalue weighted by molar-refractivity contribution is 6.30. The van der Waals surface area contributed by atoms with Crippen LogP contribution < -0.4 is 10.6 Å². The van der Waals surface area contributed by atoms with Crippen molar-refractivity contribution < 1.29 is 4.79 Å². The van der Waals surface area contributed by atoms with Crippen LogP contribution >= 0.6 is 11.6 Å². The minimum absolute atomic E-state index is 0.175. The number of carbonyl (C=O) groups is 1. The molecule has 0 saturated carbocycles. The summed E-state index contributed by atoms with van der Waals surface area (Å²) in [6.45, 7) is 6.57. The average Bonchev–Trinajstić information content (AvgIpc) is 2.52. The average molecular weight is 339 g/mol.